The van der Waals surface area contributed by atoms with Crippen molar-refractivity contribution in [3.63, 3.8) is 0 Å². The Kier molecular flexibility index (Phi) is 3.30. The Morgan fingerprint density at radius 3 is 1.73 bits per heavy atom. The summed E-state index contributed by atoms with van der Waals surface area (Å²) in [6.45, 7) is 1.80. The predicted octanol–water partition coefficient (Wildman–Crippen LogP) is -0.470. The van der Waals surface area contributed by atoms with Crippen LogP contribution in [-0.2, 0) is 13.1 Å². The average molecular weight is 202 g/mol. The monoisotopic (exact) mass is 202 g/mol. The molecule has 0 bridgehead atoms. The zero-order valence-electron chi connectivity index (χ0n) is 8.24. The third kappa shape index (κ3) is 3.07. The van der Waals surface area contributed by atoms with Gasteiger partial charge in [-0.15, -0.1) is 0 Å². The normalized spacial score (nSPS) is 10.1. The Hall–Kier alpha value is -1.88. The molecule has 0 unspecified atom stereocenters. The fraction of sp³-hybridized carbons (Fsp3) is 0.200. The predicted molar refractivity (Wildman–Crippen MR) is 53.4 cm³/mol. The summed E-state index contributed by atoms with van der Waals surface area (Å²) in [5.41, 5.74) is 2.35. The molecule has 0 aliphatic carbocycles. The first kappa shape index (κ1) is 9.67. The Balaban J connectivity index is 1.81. The van der Waals surface area contributed by atoms with Crippen molar-refractivity contribution in [2.45, 2.75) is 13.1 Å². The minimum atomic E-state index is 0.901. The van der Waals surface area contributed by atoms with Crippen LogP contribution in [0.1, 0.15) is 11.1 Å². The molecule has 0 amide bonds. The van der Waals surface area contributed by atoms with E-state index >= 15 is 0 Å². The standard InChI is InChI=1S/C10H11N5/c1-3-12-14-7-9(1)5-11-6-10-2-4-13-15-8-10/h1-4,7-8,11H,5-6H2/p+1. The molecule has 2 aromatic rings. The van der Waals surface area contributed by atoms with Gasteiger partial charge in [-0.05, 0) is 12.1 Å². The van der Waals surface area contributed by atoms with Crippen LogP contribution in [-0.4, -0.2) is 20.4 Å². The molecule has 0 spiro atoms. The van der Waals surface area contributed by atoms with Gasteiger partial charge in [0.15, 0.2) is 0 Å². The molecule has 0 aliphatic rings. The molecule has 76 valence electrons. The van der Waals surface area contributed by atoms with Crippen LogP contribution in [0.2, 0.25) is 0 Å². The molecule has 0 aliphatic heterocycles. The molecule has 5 nitrogen and oxygen atoms in total. The lowest BCUT2D eigenvalue weighted by Gasteiger charge is -2.00. The van der Waals surface area contributed by atoms with Crippen molar-refractivity contribution in [1.29, 1.82) is 0 Å². The van der Waals surface area contributed by atoms with Gasteiger partial charge in [0, 0.05) is 11.1 Å². The molecule has 0 fully saturated rings. The van der Waals surface area contributed by atoms with Gasteiger partial charge in [0.05, 0.1) is 24.8 Å². The Morgan fingerprint density at radius 1 is 0.800 bits per heavy atom. The Labute approximate surface area is 87.6 Å². The highest BCUT2D eigenvalue weighted by Crippen LogP contribution is 1.91. The zero-order chi connectivity index (χ0) is 10.3. The number of aromatic nitrogens is 4. The Morgan fingerprint density at radius 2 is 1.33 bits per heavy atom. The number of hydrogen-bond donors (Lipinski definition) is 1. The van der Waals surface area contributed by atoms with E-state index in [2.05, 4.69) is 25.7 Å². The van der Waals surface area contributed by atoms with Crippen molar-refractivity contribution in [3.05, 3.63) is 48.0 Å². The smallest absolute Gasteiger partial charge is 0.103 e. The molecule has 0 saturated carbocycles. The molecule has 15 heavy (non-hydrogen) atoms. The average Bonchev–Trinajstić information content (AvgIpc) is 2.32. The minimum Gasteiger partial charge on any atom is -0.339 e. The van der Waals surface area contributed by atoms with E-state index in [1.54, 1.807) is 24.8 Å². The van der Waals surface area contributed by atoms with E-state index in [9.17, 15) is 0 Å². The van der Waals surface area contributed by atoms with Gasteiger partial charge >= 0.3 is 0 Å². The lowest BCUT2D eigenvalue weighted by atomic mass is 10.3. The summed E-state index contributed by atoms with van der Waals surface area (Å²) in [5.74, 6) is 0. The van der Waals surface area contributed by atoms with Gasteiger partial charge in [-0.2, -0.15) is 20.4 Å². The molecule has 0 aromatic carbocycles. The topological polar surface area (TPSA) is 68.2 Å². The third-order valence-electron chi connectivity index (χ3n) is 2.05. The second-order valence-corrected chi connectivity index (χ2v) is 3.20. The SMILES string of the molecule is c1cc(C[NH2+]Cc2ccnnc2)cnn1. The summed E-state index contributed by atoms with van der Waals surface area (Å²) >= 11 is 0. The first-order valence-electron chi connectivity index (χ1n) is 4.78. The number of quaternary nitrogens is 1. The van der Waals surface area contributed by atoms with Crippen molar-refractivity contribution >= 4 is 0 Å². The van der Waals surface area contributed by atoms with E-state index in [1.165, 1.54) is 11.1 Å². The summed E-state index contributed by atoms with van der Waals surface area (Å²) in [4.78, 5) is 0. The highest BCUT2D eigenvalue weighted by atomic mass is 15.1. The van der Waals surface area contributed by atoms with E-state index < -0.39 is 0 Å². The maximum atomic E-state index is 3.82. The van der Waals surface area contributed by atoms with Crippen LogP contribution in [0.5, 0.6) is 0 Å². The van der Waals surface area contributed by atoms with Crippen molar-refractivity contribution in [1.82, 2.24) is 20.4 Å². The molecule has 0 radical (unpaired) electrons. The van der Waals surface area contributed by atoms with Crippen LogP contribution in [0.4, 0.5) is 0 Å². The second-order valence-electron chi connectivity index (χ2n) is 3.20. The highest BCUT2D eigenvalue weighted by molar-refractivity contribution is 5.04. The van der Waals surface area contributed by atoms with E-state index in [0.717, 1.165) is 13.1 Å². The molecule has 2 N–H and O–H groups in total. The fourth-order valence-electron chi connectivity index (χ4n) is 1.28. The van der Waals surface area contributed by atoms with Crippen LogP contribution >= 0.6 is 0 Å². The van der Waals surface area contributed by atoms with Crippen LogP contribution in [0.3, 0.4) is 0 Å². The zero-order valence-corrected chi connectivity index (χ0v) is 8.24. The molecular formula is C10H12N5+. The fourth-order valence-corrected chi connectivity index (χ4v) is 1.28. The maximum absolute atomic E-state index is 3.82. The first-order valence-corrected chi connectivity index (χ1v) is 4.78. The van der Waals surface area contributed by atoms with Gasteiger partial charge in [-0.25, -0.2) is 0 Å². The molecular weight excluding hydrogens is 190 g/mol. The van der Waals surface area contributed by atoms with Gasteiger partial charge in [-0.3, -0.25) is 0 Å². The first-order chi connectivity index (χ1) is 7.45. The van der Waals surface area contributed by atoms with Crippen molar-refractivity contribution in [2.24, 2.45) is 0 Å². The lowest BCUT2D eigenvalue weighted by molar-refractivity contribution is -0.686. The summed E-state index contributed by atoms with van der Waals surface area (Å²) in [5, 5.41) is 17.3. The third-order valence-corrected chi connectivity index (χ3v) is 2.05. The molecule has 2 rings (SSSR count). The quantitative estimate of drug-likeness (QED) is 0.727. The van der Waals surface area contributed by atoms with E-state index in [1.807, 2.05) is 12.1 Å². The van der Waals surface area contributed by atoms with Crippen molar-refractivity contribution in [2.75, 3.05) is 0 Å². The molecule has 0 saturated heterocycles. The van der Waals surface area contributed by atoms with Crippen LogP contribution in [0, 0.1) is 0 Å². The molecule has 2 aromatic heterocycles. The molecule has 5 heteroatoms. The maximum Gasteiger partial charge on any atom is 0.103 e. The lowest BCUT2D eigenvalue weighted by Crippen LogP contribution is -2.80. The van der Waals surface area contributed by atoms with E-state index in [0.29, 0.717) is 0 Å². The minimum absolute atomic E-state index is 0.901. The van der Waals surface area contributed by atoms with Gasteiger partial charge in [0.25, 0.3) is 0 Å². The number of hydrogen-bond acceptors (Lipinski definition) is 4. The summed E-state index contributed by atoms with van der Waals surface area (Å²) < 4.78 is 0. The highest BCUT2D eigenvalue weighted by Gasteiger charge is 1.97. The summed E-state index contributed by atoms with van der Waals surface area (Å²) in [6.07, 6.45) is 6.97. The Bertz CT molecular complexity index is 350. The van der Waals surface area contributed by atoms with Gasteiger partial charge in [0.2, 0.25) is 0 Å². The summed E-state index contributed by atoms with van der Waals surface area (Å²) in [6, 6.07) is 3.93. The van der Waals surface area contributed by atoms with E-state index in [-0.39, 0.29) is 0 Å². The number of rotatable bonds is 4. The molecule has 0 atom stereocenters. The second kappa shape index (κ2) is 5.11. The summed E-state index contributed by atoms with van der Waals surface area (Å²) in [7, 11) is 0. The van der Waals surface area contributed by atoms with Crippen LogP contribution in [0.25, 0.3) is 0 Å². The molecule has 2 heterocycles. The number of nitrogens with two attached hydrogens (primary N) is 1. The van der Waals surface area contributed by atoms with Crippen molar-refractivity contribution in [3.8, 4) is 0 Å². The van der Waals surface area contributed by atoms with Crippen LogP contribution < -0.4 is 5.32 Å². The van der Waals surface area contributed by atoms with Crippen molar-refractivity contribution < 1.29 is 5.32 Å². The largest absolute Gasteiger partial charge is 0.339 e. The van der Waals surface area contributed by atoms with Gasteiger partial charge in [-0.1, -0.05) is 0 Å². The van der Waals surface area contributed by atoms with E-state index in [4.69, 9.17) is 0 Å². The number of nitrogens with zero attached hydrogens (tertiary/aromatic N) is 4. The van der Waals surface area contributed by atoms with Gasteiger partial charge < -0.3 is 5.32 Å². The van der Waals surface area contributed by atoms with Crippen LogP contribution in [0.15, 0.2) is 36.9 Å². The van der Waals surface area contributed by atoms with Gasteiger partial charge in [0.1, 0.15) is 13.1 Å².